The summed E-state index contributed by atoms with van der Waals surface area (Å²) in [5.74, 6) is 0. The zero-order chi connectivity index (χ0) is 11.2. The molecule has 0 atom stereocenters. The van der Waals surface area contributed by atoms with Crippen LogP contribution in [0.1, 0.15) is 31.2 Å². The van der Waals surface area contributed by atoms with Gasteiger partial charge in [0.25, 0.3) is 5.56 Å². The maximum absolute atomic E-state index is 11.7. The Morgan fingerprint density at radius 2 is 2.07 bits per heavy atom. The van der Waals surface area contributed by atoms with Crippen molar-refractivity contribution in [3.63, 3.8) is 0 Å². The van der Waals surface area contributed by atoms with E-state index in [0.717, 1.165) is 15.8 Å². The van der Waals surface area contributed by atoms with Crippen molar-refractivity contribution in [3.8, 4) is 0 Å². The third-order valence-corrected chi connectivity index (χ3v) is 4.04. The van der Waals surface area contributed by atoms with Crippen LogP contribution in [-0.4, -0.2) is 9.97 Å². The number of fused-ring (bicyclic) bond motifs is 1. The Morgan fingerprint density at radius 3 is 2.60 bits per heavy atom. The lowest BCUT2D eigenvalue weighted by molar-refractivity contribution is 0.601. The standard InChI is InChI=1S/C11H14N2OS/c1-6-7-9(14)12-5-13-10(7)15-8(6)11(2,3)4/h5H,1-4H3,(H,12,13,14). The van der Waals surface area contributed by atoms with E-state index in [-0.39, 0.29) is 11.0 Å². The topological polar surface area (TPSA) is 45.8 Å². The van der Waals surface area contributed by atoms with Crippen LogP contribution in [0.2, 0.25) is 0 Å². The summed E-state index contributed by atoms with van der Waals surface area (Å²) in [6.07, 6.45) is 1.47. The van der Waals surface area contributed by atoms with Crippen LogP contribution in [-0.2, 0) is 5.41 Å². The number of aromatic nitrogens is 2. The van der Waals surface area contributed by atoms with Crippen molar-refractivity contribution >= 4 is 21.6 Å². The molecule has 0 spiro atoms. The molecule has 0 aromatic carbocycles. The van der Waals surface area contributed by atoms with E-state index in [9.17, 15) is 4.79 Å². The second-order valence-electron chi connectivity index (χ2n) is 4.72. The first kappa shape index (κ1) is 10.4. The molecule has 15 heavy (non-hydrogen) atoms. The molecule has 2 rings (SSSR count). The minimum Gasteiger partial charge on any atom is -0.313 e. The number of nitrogens with zero attached hydrogens (tertiary/aromatic N) is 1. The van der Waals surface area contributed by atoms with E-state index in [2.05, 4.69) is 30.7 Å². The fourth-order valence-corrected chi connectivity index (χ4v) is 3.00. The Morgan fingerprint density at radius 1 is 1.40 bits per heavy atom. The highest BCUT2D eigenvalue weighted by atomic mass is 32.1. The number of aryl methyl sites for hydroxylation is 1. The van der Waals surface area contributed by atoms with E-state index in [1.54, 1.807) is 11.3 Å². The third-order valence-electron chi connectivity index (χ3n) is 2.41. The predicted octanol–water partition coefficient (Wildman–Crippen LogP) is 2.59. The monoisotopic (exact) mass is 222 g/mol. The summed E-state index contributed by atoms with van der Waals surface area (Å²) in [4.78, 5) is 20.5. The molecule has 4 heteroatoms. The molecule has 80 valence electrons. The predicted molar refractivity (Wildman–Crippen MR) is 63.7 cm³/mol. The molecular weight excluding hydrogens is 208 g/mol. The molecule has 2 aromatic heterocycles. The first-order chi connectivity index (χ1) is 6.91. The van der Waals surface area contributed by atoms with Crippen LogP contribution in [0.25, 0.3) is 10.2 Å². The summed E-state index contributed by atoms with van der Waals surface area (Å²) in [5.41, 5.74) is 1.10. The number of nitrogens with one attached hydrogen (secondary N) is 1. The van der Waals surface area contributed by atoms with E-state index in [1.807, 2.05) is 6.92 Å². The van der Waals surface area contributed by atoms with Gasteiger partial charge in [0.1, 0.15) is 4.83 Å². The van der Waals surface area contributed by atoms with Crippen LogP contribution in [0, 0.1) is 6.92 Å². The maximum Gasteiger partial charge on any atom is 0.259 e. The first-order valence-corrected chi connectivity index (χ1v) is 5.70. The molecule has 3 nitrogen and oxygen atoms in total. The lowest BCUT2D eigenvalue weighted by Crippen LogP contribution is -2.11. The normalized spacial score (nSPS) is 12.3. The Kier molecular flexibility index (Phi) is 2.19. The van der Waals surface area contributed by atoms with Gasteiger partial charge in [0.05, 0.1) is 11.7 Å². The Hall–Kier alpha value is -1.16. The Labute approximate surface area is 92.2 Å². The molecule has 2 aromatic rings. The fraction of sp³-hybridized carbons (Fsp3) is 0.455. The maximum atomic E-state index is 11.7. The number of hydrogen-bond acceptors (Lipinski definition) is 3. The van der Waals surface area contributed by atoms with Crippen LogP contribution in [0.5, 0.6) is 0 Å². The van der Waals surface area contributed by atoms with Crippen LogP contribution in [0.4, 0.5) is 0 Å². The highest BCUT2D eigenvalue weighted by Crippen LogP contribution is 2.35. The van der Waals surface area contributed by atoms with E-state index in [4.69, 9.17) is 0 Å². The molecule has 0 radical (unpaired) electrons. The molecule has 0 fully saturated rings. The van der Waals surface area contributed by atoms with Gasteiger partial charge in [-0.25, -0.2) is 4.98 Å². The van der Waals surface area contributed by atoms with Crippen molar-refractivity contribution in [2.75, 3.05) is 0 Å². The van der Waals surface area contributed by atoms with E-state index >= 15 is 0 Å². The van der Waals surface area contributed by atoms with E-state index in [0.29, 0.717) is 0 Å². The fourth-order valence-electron chi connectivity index (χ4n) is 1.79. The van der Waals surface area contributed by atoms with Gasteiger partial charge >= 0.3 is 0 Å². The number of aromatic amines is 1. The van der Waals surface area contributed by atoms with Crippen LogP contribution >= 0.6 is 11.3 Å². The lowest BCUT2D eigenvalue weighted by atomic mass is 9.91. The van der Waals surface area contributed by atoms with Gasteiger partial charge in [-0.05, 0) is 17.9 Å². The second kappa shape index (κ2) is 3.17. The van der Waals surface area contributed by atoms with E-state index in [1.165, 1.54) is 11.2 Å². The van der Waals surface area contributed by atoms with Crippen molar-refractivity contribution in [1.29, 1.82) is 0 Å². The molecule has 0 saturated carbocycles. The molecular formula is C11H14N2OS. The summed E-state index contributed by atoms with van der Waals surface area (Å²) in [7, 11) is 0. The SMILES string of the molecule is Cc1c(C(C)(C)C)sc2nc[nH]c(=O)c12. The van der Waals surface area contributed by atoms with Crippen molar-refractivity contribution in [1.82, 2.24) is 9.97 Å². The molecule has 0 bridgehead atoms. The van der Waals surface area contributed by atoms with Crippen molar-refractivity contribution in [2.24, 2.45) is 0 Å². The lowest BCUT2D eigenvalue weighted by Gasteiger charge is -2.17. The molecule has 0 saturated heterocycles. The average Bonchev–Trinajstić information content (AvgIpc) is 2.44. The largest absolute Gasteiger partial charge is 0.313 e. The summed E-state index contributed by atoms with van der Waals surface area (Å²) >= 11 is 1.61. The van der Waals surface area contributed by atoms with Crippen LogP contribution < -0.4 is 5.56 Å². The zero-order valence-electron chi connectivity index (χ0n) is 9.34. The van der Waals surface area contributed by atoms with Crippen molar-refractivity contribution < 1.29 is 0 Å². The van der Waals surface area contributed by atoms with Gasteiger partial charge in [-0.15, -0.1) is 11.3 Å². The zero-order valence-corrected chi connectivity index (χ0v) is 10.2. The Bertz CT molecular complexity index is 560. The first-order valence-electron chi connectivity index (χ1n) is 4.88. The van der Waals surface area contributed by atoms with Gasteiger partial charge in [-0.3, -0.25) is 4.79 Å². The molecule has 0 aliphatic rings. The number of hydrogen-bond donors (Lipinski definition) is 1. The van der Waals surface area contributed by atoms with Gasteiger partial charge in [-0.2, -0.15) is 0 Å². The second-order valence-corrected chi connectivity index (χ2v) is 5.72. The van der Waals surface area contributed by atoms with Gasteiger partial charge in [-0.1, -0.05) is 20.8 Å². The average molecular weight is 222 g/mol. The smallest absolute Gasteiger partial charge is 0.259 e. The molecule has 0 amide bonds. The third kappa shape index (κ3) is 1.59. The summed E-state index contributed by atoms with van der Waals surface area (Å²) < 4.78 is 0. The highest BCUT2D eigenvalue weighted by molar-refractivity contribution is 7.19. The van der Waals surface area contributed by atoms with Gasteiger partial charge in [0.15, 0.2) is 0 Å². The van der Waals surface area contributed by atoms with Gasteiger partial charge in [0.2, 0.25) is 0 Å². The molecule has 2 heterocycles. The molecule has 0 aliphatic heterocycles. The number of thiophene rings is 1. The quantitative estimate of drug-likeness (QED) is 0.744. The van der Waals surface area contributed by atoms with Gasteiger partial charge in [0, 0.05) is 4.88 Å². The highest BCUT2D eigenvalue weighted by Gasteiger charge is 2.22. The summed E-state index contributed by atoms with van der Waals surface area (Å²) in [5, 5.41) is 0.743. The minimum absolute atomic E-state index is 0.0377. The number of rotatable bonds is 0. The van der Waals surface area contributed by atoms with Crippen LogP contribution in [0.3, 0.4) is 0 Å². The molecule has 0 unspecified atom stereocenters. The molecule has 0 aliphatic carbocycles. The van der Waals surface area contributed by atoms with Crippen molar-refractivity contribution in [3.05, 3.63) is 27.1 Å². The minimum atomic E-state index is -0.0377. The van der Waals surface area contributed by atoms with Crippen LogP contribution in [0.15, 0.2) is 11.1 Å². The molecule has 1 N–H and O–H groups in total. The van der Waals surface area contributed by atoms with Gasteiger partial charge < -0.3 is 4.98 Å². The number of H-pyrrole nitrogens is 1. The summed E-state index contributed by atoms with van der Waals surface area (Å²) in [6, 6.07) is 0. The Balaban J connectivity index is 2.88. The van der Waals surface area contributed by atoms with E-state index < -0.39 is 0 Å². The van der Waals surface area contributed by atoms with Crippen molar-refractivity contribution in [2.45, 2.75) is 33.1 Å². The summed E-state index contributed by atoms with van der Waals surface area (Å²) in [6.45, 7) is 8.45.